The fourth-order valence-corrected chi connectivity index (χ4v) is 4.83. The van der Waals surface area contributed by atoms with Gasteiger partial charge >= 0.3 is 6.09 Å². The van der Waals surface area contributed by atoms with E-state index in [0.29, 0.717) is 17.9 Å². The first-order valence-electron chi connectivity index (χ1n) is 11.4. The number of hydrogen-bond acceptors (Lipinski definition) is 6. The Kier molecular flexibility index (Phi) is 7.57. The van der Waals surface area contributed by atoms with Crippen LogP contribution in [-0.4, -0.2) is 47.5 Å². The zero-order chi connectivity index (χ0) is 25.3. The van der Waals surface area contributed by atoms with Gasteiger partial charge in [-0.15, -0.1) is 0 Å². The van der Waals surface area contributed by atoms with E-state index in [9.17, 15) is 13.8 Å². The van der Waals surface area contributed by atoms with Gasteiger partial charge in [-0.3, -0.25) is 4.79 Å². The summed E-state index contributed by atoms with van der Waals surface area (Å²) in [7, 11) is -1.47. The molecule has 0 saturated carbocycles. The van der Waals surface area contributed by atoms with Crippen molar-refractivity contribution in [3.05, 3.63) is 59.7 Å². The van der Waals surface area contributed by atoms with Crippen molar-refractivity contribution in [2.75, 3.05) is 0 Å². The van der Waals surface area contributed by atoms with Crippen LogP contribution in [-0.2, 0) is 26.9 Å². The van der Waals surface area contributed by atoms with Crippen molar-refractivity contribution in [2.24, 2.45) is 5.92 Å². The predicted molar refractivity (Wildman–Crippen MR) is 131 cm³/mol. The molecule has 1 aromatic carbocycles. The first-order chi connectivity index (χ1) is 15.8. The van der Waals surface area contributed by atoms with Gasteiger partial charge in [0.05, 0.1) is 39.4 Å². The van der Waals surface area contributed by atoms with Crippen LogP contribution in [0.4, 0.5) is 4.79 Å². The number of rotatable bonds is 7. The molecule has 0 unspecified atom stereocenters. The molecule has 1 saturated heterocycles. The average Bonchev–Trinajstić information content (AvgIpc) is 2.98. The van der Waals surface area contributed by atoms with E-state index in [1.54, 1.807) is 26.1 Å². The summed E-state index contributed by atoms with van der Waals surface area (Å²) in [5.41, 5.74) is 0.682. The highest BCUT2D eigenvalue weighted by Gasteiger charge is 2.52. The Balaban J connectivity index is 1.95. The number of benzene rings is 1. The minimum Gasteiger partial charge on any atom is -0.441 e. The van der Waals surface area contributed by atoms with Crippen LogP contribution >= 0.6 is 0 Å². The maximum absolute atomic E-state index is 13.8. The molecule has 34 heavy (non-hydrogen) atoms. The van der Waals surface area contributed by atoms with Gasteiger partial charge in [-0.1, -0.05) is 37.3 Å². The molecule has 1 aromatic heterocycles. The van der Waals surface area contributed by atoms with Gasteiger partial charge in [0.15, 0.2) is 0 Å². The van der Waals surface area contributed by atoms with Crippen LogP contribution in [0.2, 0.25) is 0 Å². The molecule has 1 fully saturated rings. The zero-order valence-corrected chi connectivity index (χ0v) is 21.7. The molecule has 0 spiro atoms. The Morgan fingerprint density at radius 2 is 1.88 bits per heavy atom. The third-order valence-corrected chi connectivity index (χ3v) is 7.55. The number of hydrogen-bond donors (Lipinski definition) is 1. The number of amides is 2. The lowest BCUT2D eigenvalue weighted by molar-refractivity contribution is -0.134. The molecule has 4 atom stereocenters. The van der Waals surface area contributed by atoms with Crippen molar-refractivity contribution in [3.8, 4) is 0 Å². The summed E-state index contributed by atoms with van der Waals surface area (Å²) in [5, 5.41) is 0. The van der Waals surface area contributed by atoms with Crippen LogP contribution < -0.4 is 4.72 Å². The maximum atomic E-state index is 13.8. The monoisotopic (exact) mass is 486 g/mol. The summed E-state index contributed by atoms with van der Waals surface area (Å²) >= 11 is 0. The third kappa shape index (κ3) is 5.70. The Labute approximate surface area is 204 Å². The average molecular weight is 487 g/mol. The van der Waals surface area contributed by atoms with E-state index in [1.807, 2.05) is 65.0 Å². The van der Waals surface area contributed by atoms with Crippen LogP contribution in [0.3, 0.4) is 0 Å². The van der Waals surface area contributed by atoms with Crippen molar-refractivity contribution in [3.63, 3.8) is 0 Å². The Hall–Kier alpha value is -2.65. The molecule has 9 heteroatoms. The Bertz CT molecular complexity index is 1070. The number of nitrogens with zero attached hydrogens (tertiary/aromatic N) is 3. The second kappa shape index (κ2) is 9.92. The van der Waals surface area contributed by atoms with E-state index in [-0.39, 0.29) is 0 Å². The molecule has 0 radical (unpaired) electrons. The fourth-order valence-electron chi connectivity index (χ4n) is 3.92. The predicted octanol–water partition coefficient (Wildman–Crippen LogP) is 3.88. The molecule has 0 bridgehead atoms. The minimum atomic E-state index is -1.47. The van der Waals surface area contributed by atoms with E-state index in [0.717, 1.165) is 5.56 Å². The number of carbonyl (C=O) groups is 2. The van der Waals surface area contributed by atoms with E-state index in [1.165, 1.54) is 4.90 Å². The van der Waals surface area contributed by atoms with Crippen LogP contribution in [0.1, 0.15) is 64.7 Å². The lowest BCUT2D eigenvalue weighted by Crippen LogP contribution is -2.50. The number of imide groups is 1. The quantitative estimate of drug-likeness (QED) is 0.637. The molecule has 1 N–H and O–H groups in total. The van der Waals surface area contributed by atoms with Gasteiger partial charge in [-0.2, -0.15) is 0 Å². The van der Waals surface area contributed by atoms with E-state index in [4.69, 9.17) is 4.74 Å². The van der Waals surface area contributed by atoms with Crippen LogP contribution in [0.15, 0.2) is 42.6 Å². The van der Waals surface area contributed by atoms with Gasteiger partial charge < -0.3 is 4.74 Å². The number of carbonyl (C=O) groups excluding carboxylic acids is 2. The van der Waals surface area contributed by atoms with E-state index >= 15 is 0 Å². The topological polar surface area (TPSA) is 101 Å². The largest absolute Gasteiger partial charge is 0.441 e. The van der Waals surface area contributed by atoms with E-state index in [2.05, 4.69) is 14.7 Å². The lowest BCUT2D eigenvalue weighted by atomic mass is 9.90. The van der Waals surface area contributed by atoms with Crippen LogP contribution in [0.25, 0.3) is 0 Å². The highest BCUT2D eigenvalue weighted by atomic mass is 32.2. The molecule has 2 amide bonds. The summed E-state index contributed by atoms with van der Waals surface area (Å²) in [6.07, 6.45) is 1.41. The van der Waals surface area contributed by atoms with Crippen LogP contribution in [0.5, 0.6) is 0 Å². The molecule has 1 aliphatic rings. The number of nitrogens with one attached hydrogen (secondary N) is 1. The molecule has 184 valence electrons. The standard InChI is InChI=1S/C25H34N4O4S/c1-16(21(28-34(32)24(3,4)5)19-13-14-26-17(2)27-19)22(30)29-20(25(6,7)33-23(29)31)15-18-11-9-8-10-12-18/h8-14,16,20-21,28H,15H2,1-7H3/t16-,20+,21-,34-/m1/s1. The second-order valence-corrected chi connectivity index (χ2v) is 12.2. The second-order valence-electron chi connectivity index (χ2n) is 10.2. The van der Waals surface area contributed by atoms with Gasteiger partial charge in [-0.25, -0.2) is 28.6 Å². The van der Waals surface area contributed by atoms with Crippen molar-refractivity contribution in [1.29, 1.82) is 0 Å². The molecule has 8 nitrogen and oxygen atoms in total. The first kappa shape index (κ1) is 26.0. The molecular formula is C25H34N4O4S. The fraction of sp³-hybridized carbons (Fsp3) is 0.520. The number of aromatic nitrogens is 2. The summed E-state index contributed by atoms with van der Waals surface area (Å²) < 4.78 is 21.1. The highest BCUT2D eigenvalue weighted by molar-refractivity contribution is 7.84. The lowest BCUT2D eigenvalue weighted by Gasteiger charge is -2.32. The van der Waals surface area contributed by atoms with Gasteiger partial charge in [0, 0.05) is 6.20 Å². The zero-order valence-electron chi connectivity index (χ0n) is 20.9. The first-order valence-corrected chi connectivity index (χ1v) is 12.5. The number of cyclic esters (lactones) is 1. The minimum absolute atomic E-state index is 0.406. The Morgan fingerprint density at radius 1 is 1.24 bits per heavy atom. The molecular weight excluding hydrogens is 452 g/mol. The smallest absolute Gasteiger partial charge is 0.417 e. The molecule has 2 aromatic rings. The SMILES string of the molecule is Cc1nccc([C@H](N[S@](=O)C(C)(C)C)[C@@H](C)C(=O)N2C(=O)OC(C)(C)[C@@H]2Cc2ccccc2)n1. The third-order valence-electron chi connectivity index (χ3n) is 5.97. The molecule has 1 aliphatic heterocycles. The Morgan fingerprint density at radius 3 is 2.47 bits per heavy atom. The van der Waals surface area contributed by atoms with Crippen LogP contribution in [0, 0.1) is 12.8 Å². The van der Waals surface area contributed by atoms with Crippen molar-refractivity contribution in [1.82, 2.24) is 19.6 Å². The van der Waals surface area contributed by atoms with Gasteiger partial charge in [0.25, 0.3) is 0 Å². The molecule has 0 aliphatic carbocycles. The maximum Gasteiger partial charge on any atom is 0.417 e. The summed E-state index contributed by atoms with van der Waals surface area (Å²) in [5.74, 6) is -0.620. The van der Waals surface area contributed by atoms with Crippen molar-refractivity contribution in [2.45, 2.75) is 77.3 Å². The highest BCUT2D eigenvalue weighted by Crippen LogP contribution is 2.35. The summed E-state index contributed by atoms with van der Waals surface area (Å²) in [6.45, 7) is 12.6. The summed E-state index contributed by atoms with van der Waals surface area (Å²) in [4.78, 5) is 36.6. The number of aryl methyl sites for hydroxylation is 1. The molecule has 2 heterocycles. The summed E-state index contributed by atoms with van der Waals surface area (Å²) in [6, 6.07) is 10.2. The van der Waals surface area contributed by atoms with E-state index < -0.39 is 51.3 Å². The number of ether oxygens (including phenoxy) is 1. The normalized spacial score (nSPS) is 20.5. The van der Waals surface area contributed by atoms with Gasteiger partial charge in [0.1, 0.15) is 11.4 Å². The van der Waals surface area contributed by atoms with Gasteiger partial charge in [0.2, 0.25) is 5.91 Å². The van der Waals surface area contributed by atoms with Crippen molar-refractivity contribution >= 4 is 23.0 Å². The van der Waals surface area contributed by atoms with Crippen molar-refractivity contribution < 1.29 is 18.5 Å². The van der Waals surface area contributed by atoms with Gasteiger partial charge in [-0.05, 0) is 59.6 Å². The molecule has 3 rings (SSSR count).